The Labute approximate surface area is 179 Å². The Morgan fingerprint density at radius 1 is 1.00 bits per heavy atom. The molecule has 0 aliphatic carbocycles. The summed E-state index contributed by atoms with van der Waals surface area (Å²) in [6, 6.07) is 17.4. The van der Waals surface area contributed by atoms with E-state index in [4.69, 9.17) is 4.74 Å². The Morgan fingerprint density at radius 3 is 2.60 bits per heavy atom. The Morgan fingerprint density at radius 2 is 1.80 bits per heavy atom. The summed E-state index contributed by atoms with van der Waals surface area (Å²) in [5, 5.41) is 3.71. The molecular formula is C26H31N3O. The van der Waals surface area contributed by atoms with Crippen molar-refractivity contribution in [3.8, 4) is 11.3 Å². The van der Waals surface area contributed by atoms with E-state index in [1.165, 1.54) is 39.2 Å². The largest absolute Gasteiger partial charge is 0.379 e. The van der Waals surface area contributed by atoms with Crippen molar-refractivity contribution in [2.45, 2.75) is 45.4 Å². The number of ether oxygens (including phenoxy) is 1. The molecule has 1 fully saturated rings. The number of rotatable bonds is 3. The summed E-state index contributed by atoms with van der Waals surface area (Å²) in [6.07, 6.45) is 2.39. The summed E-state index contributed by atoms with van der Waals surface area (Å²) >= 11 is 0. The van der Waals surface area contributed by atoms with Crippen LogP contribution in [0.5, 0.6) is 0 Å². The van der Waals surface area contributed by atoms with Gasteiger partial charge in [0, 0.05) is 19.6 Å². The van der Waals surface area contributed by atoms with Gasteiger partial charge in [-0.05, 0) is 62.1 Å². The molecule has 0 spiro atoms. The van der Waals surface area contributed by atoms with Gasteiger partial charge in [-0.25, -0.2) is 0 Å². The molecular weight excluding hydrogens is 370 g/mol. The topological polar surface area (TPSA) is 40.3 Å². The van der Waals surface area contributed by atoms with E-state index in [0.29, 0.717) is 0 Å². The first kappa shape index (κ1) is 19.4. The summed E-state index contributed by atoms with van der Waals surface area (Å²) in [6.45, 7) is 7.38. The first-order valence-electron chi connectivity index (χ1n) is 11.1. The minimum atomic E-state index is -0.0723. The van der Waals surface area contributed by atoms with E-state index in [0.717, 1.165) is 38.2 Å². The molecule has 30 heavy (non-hydrogen) atoms. The highest BCUT2D eigenvalue weighted by Crippen LogP contribution is 2.42. The van der Waals surface area contributed by atoms with Gasteiger partial charge in [0.15, 0.2) is 0 Å². The first-order valence-corrected chi connectivity index (χ1v) is 11.1. The van der Waals surface area contributed by atoms with Gasteiger partial charge in [0.25, 0.3) is 0 Å². The first-order chi connectivity index (χ1) is 14.6. The quantitative estimate of drug-likeness (QED) is 0.615. The van der Waals surface area contributed by atoms with Crippen molar-refractivity contribution >= 4 is 5.69 Å². The van der Waals surface area contributed by atoms with Crippen molar-refractivity contribution in [1.82, 2.24) is 9.88 Å². The van der Waals surface area contributed by atoms with Gasteiger partial charge in [-0.1, -0.05) is 48.0 Å². The van der Waals surface area contributed by atoms with E-state index in [1.54, 1.807) is 0 Å². The van der Waals surface area contributed by atoms with Crippen LogP contribution in [0.15, 0.2) is 48.5 Å². The molecule has 2 aliphatic heterocycles. The normalized spacial score (nSPS) is 19.6. The van der Waals surface area contributed by atoms with E-state index < -0.39 is 0 Å². The number of benzene rings is 2. The molecule has 0 saturated carbocycles. The molecule has 5 rings (SSSR count). The van der Waals surface area contributed by atoms with Gasteiger partial charge in [0.05, 0.1) is 23.2 Å². The van der Waals surface area contributed by atoms with Crippen molar-refractivity contribution in [3.05, 3.63) is 76.5 Å². The molecule has 0 bridgehead atoms. The van der Waals surface area contributed by atoms with Crippen LogP contribution in [0.25, 0.3) is 11.3 Å². The number of H-pyrrole nitrogens is 1. The van der Waals surface area contributed by atoms with Crippen LogP contribution >= 0.6 is 0 Å². The maximum Gasteiger partial charge on any atom is 0.125 e. The fourth-order valence-electron chi connectivity index (χ4n) is 4.88. The zero-order valence-electron chi connectivity index (χ0n) is 18.2. The molecule has 0 radical (unpaired) electrons. The number of likely N-dealkylation sites (tertiary alicyclic amines) is 1. The maximum atomic E-state index is 6.84. The van der Waals surface area contributed by atoms with Crippen LogP contribution in [0.4, 0.5) is 5.69 Å². The minimum absolute atomic E-state index is 0.0723. The van der Waals surface area contributed by atoms with Crippen LogP contribution in [-0.4, -0.2) is 36.1 Å². The maximum absolute atomic E-state index is 6.84. The number of fused-ring (bicyclic) bond motifs is 2. The zero-order valence-corrected chi connectivity index (χ0v) is 18.2. The minimum Gasteiger partial charge on any atom is -0.379 e. The fraction of sp³-hybridized carbons (Fsp3) is 0.385. The van der Waals surface area contributed by atoms with E-state index in [-0.39, 0.29) is 12.2 Å². The lowest BCUT2D eigenvalue weighted by Gasteiger charge is -2.32. The predicted molar refractivity (Wildman–Crippen MR) is 123 cm³/mol. The van der Waals surface area contributed by atoms with E-state index >= 15 is 0 Å². The number of piperidine rings is 1. The van der Waals surface area contributed by atoms with Crippen LogP contribution in [0, 0.1) is 13.8 Å². The van der Waals surface area contributed by atoms with Gasteiger partial charge in [-0.3, -0.25) is 0 Å². The van der Waals surface area contributed by atoms with Crippen molar-refractivity contribution in [2.24, 2.45) is 0 Å². The number of aryl methyl sites for hydroxylation is 1. The second-order valence-corrected chi connectivity index (χ2v) is 8.85. The zero-order chi connectivity index (χ0) is 20.7. The highest BCUT2D eigenvalue weighted by molar-refractivity contribution is 5.75. The second-order valence-electron chi connectivity index (χ2n) is 8.85. The van der Waals surface area contributed by atoms with Gasteiger partial charge in [-0.15, -0.1) is 0 Å². The third kappa shape index (κ3) is 3.55. The third-order valence-corrected chi connectivity index (χ3v) is 6.64. The van der Waals surface area contributed by atoms with Gasteiger partial charge in [-0.2, -0.15) is 0 Å². The number of anilines is 1. The predicted octanol–water partition coefficient (Wildman–Crippen LogP) is 5.42. The van der Waals surface area contributed by atoms with E-state index in [1.807, 2.05) is 0 Å². The number of aromatic nitrogens is 1. The molecule has 1 atom stereocenters. The highest BCUT2D eigenvalue weighted by atomic mass is 16.5. The van der Waals surface area contributed by atoms with Crippen LogP contribution in [-0.2, 0) is 11.3 Å². The Bertz CT molecular complexity index is 1050. The fourth-order valence-corrected chi connectivity index (χ4v) is 4.88. The molecule has 2 aromatic carbocycles. The van der Waals surface area contributed by atoms with Crippen molar-refractivity contribution in [3.63, 3.8) is 0 Å². The van der Waals surface area contributed by atoms with Crippen molar-refractivity contribution in [1.29, 1.82) is 0 Å². The monoisotopic (exact) mass is 401 g/mol. The molecule has 2 N–H and O–H groups in total. The van der Waals surface area contributed by atoms with Crippen molar-refractivity contribution < 1.29 is 4.74 Å². The summed E-state index contributed by atoms with van der Waals surface area (Å²) in [4.78, 5) is 6.17. The average molecular weight is 402 g/mol. The molecule has 3 heterocycles. The van der Waals surface area contributed by atoms with Gasteiger partial charge < -0.3 is 19.9 Å². The molecule has 156 valence electrons. The molecule has 1 saturated heterocycles. The summed E-state index contributed by atoms with van der Waals surface area (Å²) < 4.78 is 6.84. The lowest BCUT2D eigenvalue weighted by atomic mass is 9.99. The SMILES string of the molecule is Cc1cccc(-c2[nH]c3c(c2C)NCc2ccccc2C3OC2CCN(C)CC2)c1. The summed E-state index contributed by atoms with van der Waals surface area (Å²) in [7, 11) is 2.20. The molecule has 1 unspecified atom stereocenters. The number of nitrogens with one attached hydrogen (secondary N) is 2. The average Bonchev–Trinajstić information content (AvgIpc) is 2.99. The van der Waals surface area contributed by atoms with Gasteiger partial charge >= 0.3 is 0 Å². The molecule has 4 nitrogen and oxygen atoms in total. The smallest absolute Gasteiger partial charge is 0.125 e. The molecule has 3 aromatic rings. The lowest BCUT2D eigenvalue weighted by molar-refractivity contribution is -0.0246. The number of hydrogen-bond donors (Lipinski definition) is 2. The second kappa shape index (κ2) is 7.93. The molecule has 2 aliphatic rings. The number of nitrogens with zero attached hydrogens (tertiary/aromatic N) is 1. The Kier molecular flexibility index (Phi) is 5.13. The van der Waals surface area contributed by atoms with E-state index in [2.05, 4.69) is 84.6 Å². The van der Waals surface area contributed by atoms with Crippen LogP contribution in [0.2, 0.25) is 0 Å². The van der Waals surface area contributed by atoms with Crippen LogP contribution in [0.3, 0.4) is 0 Å². The highest BCUT2D eigenvalue weighted by Gasteiger charge is 2.31. The Hall–Kier alpha value is -2.56. The third-order valence-electron chi connectivity index (χ3n) is 6.64. The standard InChI is InChI=1S/C26H31N3O/c1-17-7-6-9-19(15-17)23-18(2)24-25(28-23)26(30-21-11-13-29(3)14-12-21)22-10-5-4-8-20(22)16-27-24/h4-10,15,21,26-28H,11-14,16H2,1-3H3. The van der Waals surface area contributed by atoms with Gasteiger partial charge in [0.1, 0.15) is 6.10 Å². The van der Waals surface area contributed by atoms with Crippen molar-refractivity contribution in [2.75, 3.05) is 25.5 Å². The summed E-state index contributed by atoms with van der Waals surface area (Å²) in [5.74, 6) is 0. The van der Waals surface area contributed by atoms with E-state index in [9.17, 15) is 0 Å². The lowest BCUT2D eigenvalue weighted by Crippen LogP contribution is -2.35. The number of aromatic amines is 1. The number of hydrogen-bond acceptors (Lipinski definition) is 3. The molecule has 4 heteroatoms. The molecule has 1 aromatic heterocycles. The molecule has 0 amide bonds. The summed E-state index contributed by atoms with van der Waals surface area (Å²) in [5.41, 5.74) is 9.90. The Balaban J connectivity index is 1.58. The van der Waals surface area contributed by atoms with Gasteiger partial charge in [0.2, 0.25) is 0 Å². The van der Waals surface area contributed by atoms with Crippen LogP contribution < -0.4 is 5.32 Å². The van der Waals surface area contributed by atoms with Crippen LogP contribution in [0.1, 0.15) is 46.9 Å².